The van der Waals surface area contributed by atoms with Crippen molar-refractivity contribution < 1.29 is 54.3 Å². The first-order valence-electron chi connectivity index (χ1n) is 10.2. The van der Waals surface area contributed by atoms with E-state index >= 15 is 0 Å². The number of primary amides is 1. The number of nitrogens with two attached hydrogens (primary N) is 1. The van der Waals surface area contributed by atoms with Gasteiger partial charge in [-0.2, -0.15) is 23.1 Å². The van der Waals surface area contributed by atoms with E-state index in [1.807, 2.05) is 0 Å². The normalized spacial score (nSPS) is 11.1. The molecule has 3 N–H and O–H groups in total. The largest absolute Gasteiger partial charge is 0.416 e. The van der Waals surface area contributed by atoms with Gasteiger partial charge < -0.3 is 5.73 Å². The molecule has 0 aliphatic rings. The van der Waals surface area contributed by atoms with Crippen LogP contribution in [0.4, 0.5) is 50.4 Å². The second-order valence-corrected chi connectivity index (χ2v) is 7.40. The smallest absolute Gasteiger partial charge is 0.350 e. The molecule has 0 atom stereocenters. The number of carbonyl (C=O) groups is 4. The van der Waals surface area contributed by atoms with E-state index in [2.05, 4.69) is 0 Å². The summed E-state index contributed by atoms with van der Waals surface area (Å²) in [7, 11) is 0. The standard InChI is InChI=1S/C23H12F8N4O4/c24-11-3-1-4-12(25)17(11)19(36)34(20(37)18-13(26)5-2-6-14(18)27)22(39)35(33-21(32)38)16-8-7-10(9-15(16)28)23(29,30)31/h1-9H,(H3,32,33,38). The maximum Gasteiger partial charge on any atom is 0.416 e. The summed E-state index contributed by atoms with van der Waals surface area (Å²) in [4.78, 5) is 50.3. The van der Waals surface area contributed by atoms with Crippen molar-refractivity contribution in [1.29, 1.82) is 0 Å². The van der Waals surface area contributed by atoms with Crippen LogP contribution in [0.3, 0.4) is 0 Å². The van der Waals surface area contributed by atoms with Crippen molar-refractivity contribution in [3.8, 4) is 0 Å². The molecule has 0 bridgehead atoms. The summed E-state index contributed by atoms with van der Waals surface area (Å²) in [5.41, 5.74) is 0.320. The molecular formula is C23H12F8N4O4. The lowest BCUT2D eigenvalue weighted by Crippen LogP contribution is -2.57. The molecule has 3 aromatic rings. The van der Waals surface area contributed by atoms with Gasteiger partial charge in [-0.3, -0.25) is 9.59 Å². The number of nitrogens with zero attached hydrogens (tertiary/aromatic N) is 2. The molecular weight excluding hydrogens is 548 g/mol. The van der Waals surface area contributed by atoms with Crippen molar-refractivity contribution >= 4 is 29.6 Å². The zero-order valence-electron chi connectivity index (χ0n) is 18.8. The third-order valence-electron chi connectivity index (χ3n) is 4.88. The van der Waals surface area contributed by atoms with Crippen molar-refractivity contribution in [2.45, 2.75) is 6.18 Å². The summed E-state index contributed by atoms with van der Waals surface area (Å²) in [5.74, 6) is -12.9. The molecule has 16 heteroatoms. The fourth-order valence-corrected chi connectivity index (χ4v) is 3.18. The number of hydrogen-bond acceptors (Lipinski definition) is 4. The van der Waals surface area contributed by atoms with Crippen molar-refractivity contribution in [1.82, 2.24) is 10.3 Å². The first-order valence-corrected chi connectivity index (χ1v) is 10.2. The Hall–Kier alpha value is -5.02. The monoisotopic (exact) mass is 560 g/mol. The van der Waals surface area contributed by atoms with Gasteiger partial charge in [0.15, 0.2) is 0 Å². The molecule has 0 radical (unpaired) electrons. The van der Waals surface area contributed by atoms with Crippen LogP contribution < -0.4 is 16.2 Å². The Morgan fingerprint density at radius 2 is 1.13 bits per heavy atom. The number of imide groups is 3. The van der Waals surface area contributed by atoms with E-state index in [1.54, 1.807) is 0 Å². The minimum atomic E-state index is -5.08. The number of halogens is 8. The van der Waals surface area contributed by atoms with E-state index < -0.39 is 86.4 Å². The molecule has 6 amide bonds. The summed E-state index contributed by atoms with van der Waals surface area (Å²) in [6.07, 6.45) is -5.08. The molecule has 0 saturated heterocycles. The Balaban J connectivity index is 2.25. The van der Waals surface area contributed by atoms with Crippen LogP contribution in [-0.4, -0.2) is 28.8 Å². The Morgan fingerprint density at radius 3 is 1.49 bits per heavy atom. The molecule has 0 unspecified atom stereocenters. The molecule has 8 nitrogen and oxygen atoms in total. The molecule has 0 fully saturated rings. The van der Waals surface area contributed by atoms with Crippen LogP contribution in [0, 0.1) is 29.1 Å². The maximum atomic E-state index is 14.7. The van der Waals surface area contributed by atoms with E-state index in [1.165, 1.54) is 5.43 Å². The predicted molar refractivity (Wildman–Crippen MR) is 115 cm³/mol. The van der Waals surface area contributed by atoms with Crippen molar-refractivity contribution in [3.05, 3.63) is 100 Å². The lowest BCUT2D eigenvalue weighted by Gasteiger charge is -2.28. The summed E-state index contributed by atoms with van der Waals surface area (Å²) < 4.78 is 111. The number of urea groups is 2. The number of anilines is 1. The van der Waals surface area contributed by atoms with Crippen LogP contribution in [0.15, 0.2) is 54.6 Å². The second-order valence-electron chi connectivity index (χ2n) is 7.40. The van der Waals surface area contributed by atoms with Gasteiger partial charge in [0.25, 0.3) is 11.8 Å². The van der Waals surface area contributed by atoms with Crippen LogP contribution in [-0.2, 0) is 6.18 Å². The number of alkyl halides is 3. The minimum absolute atomic E-state index is 0.140. The lowest BCUT2D eigenvalue weighted by molar-refractivity contribution is -0.137. The fourth-order valence-electron chi connectivity index (χ4n) is 3.18. The van der Waals surface area contributed by atoms with Gasteiger partial charge in [-0.05, 0) is 42.5 Å². The van der Waals surface area contributed by atoms with E-state index in [4.69, 9.17) is 5.73 Å². The molecule has 0 spiro atoms. The number of carbonyl (C=O) groups excluding carboxylic acids is 4. The van der Waals surface area contributed by atoms with Gasteiger partial charge >= 0.3 is 18.2 Å². The average Bonchev–Trinajstić information content (AvgIpc) is 2.82. The third kappa shape index (κ3) is 5.78. The number of hydrogen-bond donors (Lipinski definition) is 2. The highest BCUT2D eigenvalue weighted by Crippen LogP contribution is 2.32. The van der Waals surface area contributed by atoms with E-state index in [0.29, 0.717) is 24.3 Å². The molecule has 39 heavy (non-hydrogen) atoms. The van der Waals surface area contributed by atoms with Gasteiger partial charge in [0.05, 0.1) is 5.56 Å². The van der Waals surface area contributed by atoms with Gasteiger partial charge in [-0.15, -0.1) is 0 Å². The third-order valence-corrected chi connectivity index (χ3v) is 4.88. The highest BCUT2D eigenvalue weighted by atomic mass is 19.4. The van der Waals surface area contributed by atoms with Crippen molar-refractivity contribution in [2.24, 2.45) is 5.73 Å². The summed E-state index contributed by atoms with van der Waals surface area (Å²) >= 11 is 0. The van der Waals surface area contributed by atoms with E-state index in [9.17, 15) is 54.3 Å². The Labute approximate surface area is 212 Å². The fraction of sp³-hybridized carbons (Fsp3) is 0.0435. The van der Waals surface area contributed by atoms with Crippen molar-refractivity contribution in [3.63, 3.8) is 0 Å². The summed E-state index contributed by atoms with van der Waals surface area (Å²) in [6, 6.07) is 0.0294. The molecule has 204 valence electrons. The van der Waals surface area contributed by atoms with E-state index in [0.717, 1.165) is 12.1 Å². The first-order chi connectivity index (χ1) is 18.1. The Kier molecular flexibility index (Phi) is 7.88. The van der Waals surface area contributed by atoms with Crippen LogP contribution in [0.1, 0.15) is 26.3 Å². The maximum absolute atomic E-state index is 14.7. The van der Waals surface area contributed by atoms with E-state index in [-0.39, 0.29) is 23.2 Å². The number of amides is 6. The Morgan fingerprint density at radius 1 is 0.692 bits per heavy atom. The van der Waals surface area contributed by atoms with Crippen LogP contribution >= 0.6 is 0 Å². The second kappa shape index (κ2) is 10.8. The first kappa shape index (κ1) is 28.5. The quantitative estimate of drug-likeness (QED) is 0.270. The average molecular weight is 560 g/mol. The molecule has 0 aliphatic carbocycles. The summed E-state index contributed by atoms with van der Waals surface area (Å²) in [5, 5.41) is -0.370. The van der Waals surface area contributed by atoms with Crippen LogP contribution in [0.2, 0.25) is 0 Å². The van der Waals surface area contributed by atoms with Gasteiger partial charge in [-0.25, -0.2) is 37.0 Å². The molecule has 3 aromatic carbocycles. The van der Waals surface area contributed by atoms with Gasteiger partial charge in [0.2, 0.25) is 0 Å². The van der Waals surface area contributed by atoms with Gasteiger partial charge in [-0.1, -0.05) is 12.1 Å². The molecule has 0 saturated carbocycles. The zero-order chi connectivity index (χ0) is 29.2. The topological polar surface area (TPSA) is 113 Å². The zero-order valence-corrected chi connectivity index (χ0v) is 18.8. The van der Waals surface area contributed by atoms with Gasteiger partial charge in [0, 0.05) is 0 Å². The molecule has 0 aromatic heterocycles. The van der Waals surface area contributed by atoms with Crippen molar-refractivity contribution in [2.75, 3.05) is 5.01 Å². The highest BCUT2D eigenvalue weighted by molar-refractivity contribution is 6.23. The Bertz CT molecular complexity index is 1390. The van der Waals surface area contributed by atoms with Crippen LogP contribution in [0.25, 0.3) is 0 Å². The van der Waals surface area contributed by atoms with Gasteiger partial charge in [0.1, 0.15) is 45.9 Å². The van der Waals surface area contributed by atoms with Crippen LogP contribution in [0.5, 0.6) is 0 Å². The number of nitrogens with one attached hydrogen (secondary N) is 1. The number of hydrazine groups is 1. The number of rotatable bonds is 3. The highest BCUT2D eigenvalue weighted by Gasteiger charge is 2.41. The SMILES string of the molecule is NC(=O)NN(C(=O)N(C(=O)c1c(F)cccc1F)C(=O)c1c(F)cccc1F)c1ccc(C(F)(F)F)cc1F. The minimum Gasteiger partial charge on any atom is -0.350 e. The predicted octanol–water partition coefficient (Wildman–Crippen LogP) is 4.89. The lowest BCUT2D eigenvalue weighted by atomic mass is 10.1. The molecule has 0 aliphatic heterocycles. The molecule has 3 rings (SSSR count). The summed E-state index contributed by atoms with van der Waals surface area (Å²) in [6.45, 7) is 0. The molecule has 0 heterocycles. The number of benzene rings is 3.